The average Bonchev–Trinajstić information content (AvgIpc) is 2.88. The minimum atomic E-state index is 0. The molecule has 1 saturated heterocycles. The van der Waals surface area contributed by atoms with Crippen LogP contribution in [0, 0.1) is 0 Å². The summed E-state index contributed by atoms with van der Waals surface area (Å²) in [6, 6.07) is 11.9. The first-order valence-electron chi connectivity index (χ1n) is 11.5. The number of piperazine rings is 1. The molecule has 0 spiro atoms. The van der Waals surface area contributed by atoms with Gasteiger partial charge in [0, 0.05) is 51.2 Å². The topological polar surface area (TPSA) is 152 Å². The van der Waals surface area contributed by atoms with Crippen LogP contribution < -0.4 is 29.7 Å². The van der Waals surface area contributed by atoms with Crippen LogP contribution in [-0.2, 0) is 0 Å². The van der Waals surface area contributed by atoms with Crippen LogP contribution in [0.3, 0.4) is 0 Å². The molecule has 0 atom stereocenters. The summed E-state index contributed by atoms with van der Waals surface area (Å²) in [4.78, 5) is 16.2. The Morgan fingerprint density at radius 1 is 0.868 bits per heavy atom. The lowest BCUT2D eigenvalue weighted by Gasteiger charge is -2.36. The predicted molar refractivity (Wildman–Crippen MR) is 158 cm³/mol. The molecular weight excluding hydrogens is 535 g/mol. The Morgan fingerprint density at radius 2 is 1.47 bits per heavy atom. The average molecular weight is 576 g/mol. The number of para-hydroxylation sites is 2. The van der Waals surface area contributed by atoms with E-state index in [1.54, 1.807) is 21.3 Å². The van der Waals surface area contributed by atoms with E-state index in [9.17, 15) is 0 Å². The van der Waals surface area contributed by atoms with Crippen LogP contribution >= 0.6 is 24.8 Å². The second kappa shape index (κ2) is 16.1. The number of hydrogen-bond acceptors (Lipinski definition) is 9. The molecule has 0 unspecified atom stereocenters. The summed E-state index contributed by atoms with van der Waals surface area (Å²) in [6.45, 7) is 5.91. The molecule has 6 N–H and O–H groups in total. The molecule has 0 amide bonds. The zero-order valence-corrected chi connectivity index (χ0v) is 23.9. The Balaban J connectivity index is 0.00000342. The minimum Gasteiger partial charge on any atom is -0.495 e. The van der Waals surface area contributed by atoms with E-state index in [1.807, 2.05) is 31.3 Å². The van der Waals surface area contributed by atoms with Gasteiger partial charge in [0.15, 0.2) is 11.5 Å². The maximum absolute atomic E-state index is 6.24. The molecule has 38 heavy (non-hydrogen) atoms. The van der Waals surface area contributed by atoms with Crippen LogP contribution in [-0.4, -0.2) is 93.5 Å². The van der Waals surface area contributed by atoms with E-state index < -0.39 is 0 Å². The van der Waals surface area contributed by atoms with Crippen LogP contribution in [0.2, 0.25) is 0 Å². The summed E-state index contributed by atoms with van der Waals surface area (Å²) in [5, 5.41) is 0.753. The Hall–Kier alpha value is -2.96. The molecule has 2 aromatic carbocycles. The second-order valence-corrected chi connectivity index (χ2v) is 8.41. The fourth-order valence-corrected chi connectivity index (χ4v) is 4.37. The van der Waals surface area contributed by atoms with Gasteiger partial charge in [0.05, 0.1) is 32.5 Å². The Labute approximate surface area is 236 Å². The van der Waals surface area contributed by atoms with Crippen molar-refractivity contribution in [2.45, 2.75) is 6.42 Å². The maximum atomic E-state index is 6.24. The lowest BCUT2D eigenvalue weighted by molar-refractivity contribution is 0.255. The number of ether oxygens (including phenoxy) is 3. The number of nitrogens with zero attached hydrogens (tertiary/aromatic N) is 5. The summed E-state index contributed by atoms with van der Waals surface area (Å²) in [5.41, 5.74) is 8.15. The SMILES string of the molecule is COc1cc2nc(N(C)CCCN3CCN(c4ccccc4OC)CC3)nc(N)c2cc1OC.Cl.Cl.O.O. The highest BCUT2D eigenvalue weighted by atomic mass is 35.5. The van der Waals surface area contributed by atoms with Gasteiger partial charge in [-0.2, -0.15) is 4.98 Å². The van der Waals surface area contributed by atoms with E-state index in [0.717, 1.165) is 62.3 Å². The van der Waals surface area contributed by atoms with Gasteiger partial charge < -0.3 is 40.7 Å². The Kier molecular flexibility index (Phi) is 14.8. The second-order valence-electron chi connectivity index (χ2n) is 8.41. The van der Waals surface area contributed by atoms with Crippen molar-refractivity contribution in [1.29, 1.82) is 0 Å². The first-order valence-corrected chi connectivity index (χ1v) is 11.5. The summed E-state index contributed by atoms with van der Waals surface area (Å²) in [6.07, 6.45) is 1.01. The molecule has 1 aliphatic rings. The summed E-state index contributed by atoms with van der Waals surface area (Å²) < 4.78 is 16.3. The first kappa shape index (κ1) is 35.0. The molecule has 0 saturated carbocycles. The third-order valence-corrected chi connectivity index (χ3v) is 6.33. The van der Waals surface area contributed by atoms with Gasteiger partial charge in [0.25, 0.3) is 0 Å². The molecule has 3 aromatic rings. The van der Waals surface area contributed by atoms with Gasteiger partial charge in [-0.15, -0.1) is 24.8 Å². The zero-order chi connectivity index (χ0) is 24.1. The predicted octanol–water partition coefficient (Wildman–Crippen LogP) is 2.08. The van der Waals surface area contributed by atoms with E-state index in [-0.39, 0.29) is 35.8 Å². The number of halogens is 2. The lowest BCUT2D eigenvalue weighted by atomic mass is 10.2. The van der Waals surface area contributed by atoms with Crippen molar-refractivity contribution in [2.24, 2.45) is 0 Å². The fourth-order valence-electron chi connectivity index (χ4n) is 4.37. The molecule has 0 radical (unpaired) electrons. The molecule has 1 fully saturated rings. The van der Waals surface area contributed by atoms with Crippen LogP contribution in [0.4, 0.5) is 17.5 Å². The third kappa shape index (κ3) is 7.78. The smallest absolute Gasteiger partial charge is 0.227 e. The number of nitrogens with two attached hydrogens (primary N) is 1. The van der Waals surface area contributed by atoms with Gasteiger partial charge in [-0.3, -0.25) is 4.90 Å². The van der Waals surface area contributed by atoms with Crippen LogP contribution in [0.1, 0.15) is 6.42 Å². The van der Waals surface area contributed by atoms with Crippen LogP contribution in [0.5, 0.6) is 17.2 Å². The number of hydrogen-bond donors (Lipinski definition) is 1. The molecule has 2 heterocycles. The van der Waals surface area contributed by atoms with Gasteiger partial charge in [-0.1, -0.05) is 12.1 Å². The standard InChI is InChI=1S/C25H34N6O3.2ClH.2H2O/c1-29(25-27-19-17-23(34-4)22(33-3)16-18(19)24(26)28-25)10-7-11-30-12-14-31(15-13-30)20-8-5-6-9-21(20)32-2;;;;/h5-6,8-9,16-17H,7,10-15H2,1-4H3,(H2,26,27,28);2*1H;2*1H2. The van der Waals surface area contributed by atoms with Crippen molar-refractivity contribution >= 4 is 53.2 Å². The van der Waals surface area contributed by atoms with Gasteiger partial charge in [0.1, 0.15) is 11.6 Å². The highest BCUT2D eigenvalue weighted by molar-refractivity contribution is 5.91. The normalized spacial score (nSPS) is 12.8. The molecule has 11 nitrogen and oxygen atoms in total. The number of methoxy groups -OCH3 is 3. The van der Waals surface area contributed by atoms with E-state index in [0.29, 0.717) is 23.3 Å². The van der Waals surface area contributed by atoms with Crippen molar-refractivity contribution in [1.82, 2.24) is 14.9 Å². The Bertz CT molecular complexity index is 1130. The van der Waals surface area contributed by atoms with Crippen molar-refractivity contribution in [3.8, 4) is 17.2 Å². The molecule has 1 aromatic heterocycles. The summed E-state index contributed by atoms with van der Waals surface area (Å²) in [7, 11) is 6.94. The molecule has 0 bridgehead atoms. The molecule has 0 aliphatic carbocycles. The summed E-state index contributed by atoms with van der Waals surface area (Å²) in [5.74, 6) is 3.20. The molecule has 1 aliphatic heterocycles. The number of nitrogen functional groups attached to an aromatic ring is 1. The molecule has 4 rings (SSSR count). The molecule has 13 heteroatoms. The molecule has 214 valence electrons. The monoisotopic (exact) mass is 574 g/mol. The fraction of sp³-hybridized carbons (Fsp3) is 0.440. The van der Waals surface area contributed by atoms with Crippen molar-refractivity contribution in [3.63, 3.8) is 0 Å². The van der Waals surface area contributed by atoms with Crippen LogP contribution in [0.15, 0.2) is 36.4 Å². The van der Waals surface area contributed by atoms with Gasteiger partial charge in [-0.05, 0) is 31.2 Å². The number of fused-ring (bicyclic) bond motifs is 1. The quantitative estimate of drug-likeness (QED) is 0.404. The zero-order valence-electron chi connectivity index (χ0n) is 22.3. The number of anilines is 3. The van der Waals surface area contributed by atoms with E-state index >= 15 is 0 Å². The number of aromatic nitrogens is 2. The lowest BCUT2D eigenvalue weighted by Crippen LogP contribution is -2.47. The number of rotatable bonds is 9. The highest BCUT2D eigenvalue weighted by Crippen LogP contribution is 2.34. The van der Waals surface area contributed by atoms with Gasteiger partial charge in [0.2, 0.25) is 5.95 Å². The Morgan fingerprint density at radius 3 is 2.11 bits per heavy atom. The summed E-state index contributed by atoms with van der Waals surface area (Å²) >= 11 is 0. The number of benzene rings is 2. The third-order valence-electron chi connectivity index (χ3n) is 6.33. The first-order chi connectivity index (χ1) is 16.5. The van der Waals surface area contributed by atoms with Crippen LogP contribution in [0.25, 0.3) is 10.9 Å². The van der Waals surface area contributed by atoms with Gasteiger partial charge in [-0.25, -0.2) is 4.98 Å². The van der Waals surface area contributed by atoms with E-state index in [1.165, 1.54) is 5.69 Å². The van der Waals surface area contributed by atoms with Crippen molar-refractivity contribution in [2.75, 3.05) is 83.2 Å². The van der Waals surface area contributed by atoms with E-state index in [2.05, 4.69) is 31.8 Å². The molecular formula is C25H40Cl2N6O5. The van der Waals surface area contributed by atoms with Gasteiger partial charge >= 0.3 is 0 Å². The van der Waals surface area contributed by atoms with E-state index in [4.69, 9.17) is 24.9 Å². The minimum absolute atomic E-state index is 0. The largest absolute Gasteiger partial charge is 0.495 e. The van der Waals surface area contributed by atoms with Crippen molar-refractivity contribution < 1.29 is 25.2 Å². The maximum Gasteiger partial charge on any atom is 0.227 e. The highest BCUT2D eigenvalue weighted by Gasteiger charge is 2.20. The van der Waals surface area contributed by atoms with Crippen molar-refractivity contribution in [3.05, 3.63) is 36.4 Å².